The Bertz CT molecular complexity index is 722. The topological polar surface area (TPSA) is 58.2 Å². The van der Waals surface area contributed by atoms with Crippen LogP contribution in [-0.4, -0.2) is 29.9 Å². The number of thioether (sulfide) groups is 1. The summed E-state index contributed by atoms with van der Waals surface area (Å²) in [5.74, 6) is 0.390. The van der Waals surface area contributed by atoms with Gasteiger partial charge < -0.3 is 10.6 Å². The van der Waals surface area contributed by atoms with E-state index in [1.165, 1.54) is 0 Å². The van der Waals surface area contributed by atoms with Crippen molar-refractivity contribution in [2.45, 2.75) is 25.4 Å². The Morgan fingerprint density at radius 3 is 2.31 bits per heavy atom. The molecule has 0 fully saturated rings. The van der Waals surface area contributed by atoms with Crippen molar-refractivity contribution in [3.8, 4) is 0 Å². The number of halogens is 1. The maximum Gasteiger partial charge on any atom is 0.251 e. The van der Waals surface area contributed by atoms with Crippen molar-refractivity contribution in [2.24, 2.45) is 0 Å². The van der Waals surface area contributed by atoms with E-state index in [0.29, 0.717) is 12.0 Å². The summed E-state index contributed by atoms with van der Waals surface area (Å²) in [6, 6.07) is 16.1. The van der Waals surface area contributed by atoms with Gasteiger partial charge in [0.2, 0.25) is 5.91 Å². The van der Waals surface area contributed by atoms with Crippen LogP contribution in [0.15, 0.2) is 59.1 Å². The van der Waals surface area contributed by atoms with Crippen molar-refractivity contribution in [2.75, 3.05) is 12.0 Å². The highest BCUT2D eigenvalue weighted by molar-refractivity contribution is 9.10. The number of rotatable bonds is 8. The second-order valence-electron chi connectivity index (χ2n) is 5.96. The SMILES string of the molecule is CSCC[C@@H](NC(=O)c1ccccc1)C(=O)N[C@@H](C)c1ccc(Br)cc1. The van der Waals surface area contributed by atoms with Crippen molar-refractivity contribution < 1.29 is 9.59 Å². The van der Waals surface area contributed by atoms with E-state index in [4.69, 9.17) is 0 Å². The monoisotopic (exact) mass is 434 g/mol. The van der Waals surface area contributed by atoms with Gasteiger partial charge in [-0.25, -0.2) is 0 Å². The van der Waals surface area contributed by atoms with Gasteiger partial charge in [-0.05, 0) is 55.2 Å². The standard InChI is InChI=1S/C20H23BrN2O2S/c1-14(15-8-10-17(21)11-9-15)22-20(25)18(12-13-26-2)23-19(24)16-6-4-3-5-7-16/h3-11,14,18H,12-13H2,1-2H3,(H,22,25)(H,23,24)/t14-,18+/m0/s1. The molecule has 2 amide bonds. The third-order valence-corrected chi connectivity index (χ3v) is 5.17. The van der Waals surface area contributed by atoms with E-state index in [9.17, 15) is 9.59 Å². The van der Waals surface area contributed by atoms with Crippen molar-refractivity contribution in [3.05, 3.63) is 70.2 Å². The molecular formula is C20H23BrN2O2S. The molecule has 0 heterocycles. The van der Waals surface area contributed by atoms with Gasteiger partial charge in [-0.2, -0.15) is 11.8 Å². The van der Waals surface area contributed by atoms with Gasteiger partial charge in [0.25, 0.3) is 5.91 Å². The molecule has 2 N–H and O–H groups in total. The van der Waals surface area contributed by atoms with Crippen LogP contribution in [0.25, 0.3) is 0 Å². The van der Waals surface area contributed by atoms with Gasteiger partial charge in [0.1, 0.15) is 6.04 Å². The fraction of sp³-hybridized carbons (Fsp3) is 0.300. The second kappa shape index (κ2) is 10.4. The Hall–Kier alpha value is -1.79. The molecule has 138 valence electrons. The summed E-state index contributed by atoms with van der Waals surface area (Å²) in [5, 5.41) is 5.87. The number of hydrogen-bond acceptors (Lipinski definition) is 3. The van der Waals surface area contributed by atoms with Crippen LogP contribution in [0.4, 0.5) is 0 Å². The molecule has 0 radical (unpaired) electrons. The Kier molecular flexibility index (Phi) is 8.19. The van der Waals surface area contributed by atoms with E-state index in [0.717, 1.165) is 15.8 Å². The Balaban J connectivity index is 2.03. The molecule has 4 nitrogen and oxygen atoms in total. The lowest BCUT2D eigenvalue weighted by Gasteiger charge is -2.21. The minimum Gasteiger partial charge on any atom is -0.348 e. The highest BCUT2D eigenvalue weighted by Gasteiger charge is 2.22. The van der Waals surface area contributed by atoms with Gasteiger partial charge in [-0.15, -0.1) is 0 Å². The fourth-order valence-electron chi connectivity index (χ4n) is 2.48. The van der Waals surface area contributed by atoms with Gasteiger partial charge in [0.05, 0.1) is 6.04 Å². The van der Waals surface area contributed by atoms with Crippen LogP contribution in [0.2, 0.25) is 0 Å². The summed E-state index contributed by atoms with van der Waals surface area (Å²) in [7, 11) is 0. The van der Waals surface area contributed by atoms with Crippen LogP contribution in [-0.2, 0) is 4.79 Å². The number of hydrogen-bond donors (Lipinski definition) is 2. The number of amides is 2. The molecule has 6 heteroatoms. The zero-order valence-electron chi connectivity index (χ0n) is 14.9. The van der Waals surface area contributed by atoms with Crippen LogP contribution >= 0.6 is 27.7 Å². The lowest BCUT2D eigenvalue weighted by Crippen LogP contribution is -2.47. The summed E-state index contributed by atoms with van der Waals surface area (Å²) in [5.41, 5.74) is 1.56. The van der Waals surface area contributed by atoms with Gasteiger partial charge >= 0.3 is 0 Å². The Labute approximate surface area is 167 Å². The van der Waals surface area contributed by atoms with Crippen molar-refractivity contribution in [3.63, 3.8) is 0 Å². The molecule has 0 spiro atoms. The van der Waals surface area contributed by atoms with E-state index in [2.05, 4.69) is 26.6 Å². The molecule has 0 aromatic heterocycles. The zero-order chi connectivity index (χ0) is 18.9. The molecule has 26 heavy (non-hydrogen) atoms. The quantitative estimate of drug-likeness (QED) is 0.654. The Morgan fingerprint density at radius 1 is 1.04 bits per heavy atom. The number of nitrogens with one attached hydrogen (secondary N) is 2. The fourth-order valence-corrected chi connectivity index (χ4v) is 3.22. The normalized spacial score (nSPS) is 12.9. The first kappa shape index (κ1) is 20.5. The van der Waals surface area contributed by atoms with Gasteiger partial charge in [-0.3, -0.25) is 9.59 Å². The van der Waals surface area contributed by atoms with Crippen LogP contribution in [0.3, 0.4) is 0 Å². The van der Waals surface area contributed by atoms with Gasteiger partial charge in [0, 0.05) is 10.0 Å². The molecule has 0 aliphatic heterocycles. The molecule has 0 aliphatic rings. The predicted molar refractivity (Wildman–Crippen MR) is 111 cm³/mol. The third kappa shape index (κ3) is 6.18. The molecule has 2 rings (SSSR count). The first-order chi connectivity index (χ1) is 12.5. The highest BCUT2D eigenvalue weighted by Crippen LogP contribution is 2.17. The van der Waals surface area contributed by atoms with Crippen LogP contribution in [0, 0.1) is 0 Å². The largest absolute Gasteiger partial charge is 0.348 e. The molecule has 2 atom stereocenters. The lowest BCUT2D eigenvalue weighted by atomic mass is 10.1. The van der Waals surface area contributed by atoms with Crippen molar-refractivity contribution in [1.82, 2.24) is 10.6 Å². The average molecular weight is 435 g/mol. The van der Waals surface area contributed by atoms with E-state index >= 15 is 0 Å². The number of benzene rings is 2. The minimum atomic E-state index is -0.562. The summed E-state index contributed by atoms with van der Waals surface area (Å²) in [6.45, 7) is 1.94. The molecule has 0 aliphatic carbocycles. The predicted octanol–water partition coefficient (Wildman–Crippen LogP) is 4.18. The van der Waals surface area contributed by atoms with E-state index < -0.39 is 6.04 Å². The van der Waals surface area contributed by atoms with Crippen molar-refractivity contribution in [1.29, 1.82) is 0 Å². The van der Waals surface area contributed by atoms with Crippen molar-refractivity contribution >= 4 is 39.5 Å². The second-order valence-corrected chi connectivity index (χ2v) is 7.86. The molecule has 0 bridgehead atoms. The maximum atomic E-state index is 12.7. The minimum absolute atomic E-state index is 0.138. The first-order valence-electron chi connectivity index (χ1n) is 8.42. The highest BCUT2D eigenvalue weighted by atomic mass is 79.9. The summed E-state index contributed by atoms with van der Waals surface area (Å²) < 4.78 is 0.993. The summed E-state index contributed by atoms with van der Waals surface area (Å²) >= 11 is 5.06. The smallest absolute Gasteiger partial charge is 0.251 e. The molecule has 2 aromatic rings. The van der Waals surface area contributed by atoms with Crippen LogP contribution in [0.5, 0.6) is 0 Å². The Morgan fingerprint density at radius 2 is 1.69 bits per heavy atom. The van der Waals surface area contributed by atoms with E-state index in [-0.39, 0.29) is 17.9 Å². The van der Waals surface area contributed by atoms with Gasteiger partial charge in [-0.1, -0.05) is 46.3 Å². The number of carbonyl (C=O) groups is 2. The van der Waals surface area contributed by atoms with E-state index in [1.54, 1.807) is 23.9 Å². The summed E-state index contributed by atoms with van der Waals surface area (Å²) in [4.78, 5) is 25.1. The van der Waals surface area contributed by atoms with E-state index in [1.807, 2.05) is 55.6 Å². The average Bonchev–Trinajstić information content (AvgIpc) is 2.66. The molecular weight excluding hydrogens is 412 g/mol. The third-order valence-electron chi connectivity index (χ3n) is 4.00. The number of carbonyl (C=O) groups excluding carboxylic acids is 2. The molecule has 0 unspecified atom stereocenters. The maximum absolute atomic E-state index is 12.7. The molecule has 0 saturated carbocycles. The van der Waals surface area contributed by atoms with Crippen LogP contribution < -0.4 is 10.6 Å². The van der Waals surface area contributed by atoms with Gasteiger partial charge in [0.15, 0.2) is 0 Å². The molecule has 2 aromatic carbocycles. The zero-order valence-corrected chi connectivity index (χ0v) is 17.3. The molecule has 0 saturated heterocycles. The van der Waals surface area contributed by atoms with Crippen LogP contribution in [0.1, 0.15) is 35.3 Å². The first-order valence-corrected chi connectivity index (χ1v) is 10.6. The summed E-state index contributed by atoms with van der Waals surface area (Å²) in [6.07, 6.45) is 2.57. The lowest BCUT2D eigenvalue weighted by molar-refractivity contribution is -0.123.